The second kappa shape index (κ2) is 7.30. The number of carbonyl (C=O) groups excluding carboxylic acids is 1. The fourth-order valence-corrected chi connectivity index (χ4v) is 3.28. The van der Waals surface area contributed by atoms with Gasteiger partial charge in [0.25, 0.3) is 0 Å². The minimum Gasteiger partial charge on any atom is -0.507 e. The molecule has 0 aromatic heterocycles. The lowest BCUT2D eigenvalue weighted by atomic mass is 9.93. The van der Waals surface area contributed by atoms with E-state index in [1.165, 1.54) is 0 Å². The molecule has 4 rings (SSSR count). The molecule has 130 valence electrons. The standard InChI is InChI=1S/C25H18O2/c26-23(20-10-2-1-3-11-20)16-14-18-8-4-6-12-21(18)25-22-13-7-5-9-19(22)15-17-24(25)27/h1-17,27H. The number of carbonyl (C=O) groups is 1. The van der Waals surface area contributed by atoms with E-state index in [0.29, 0.717) is 5.56 Å². The van der Waals surface area contributed by atoms with Gasteiger partial charge in [0.15, 0.2) is 5.78 Å². The van der Waals surface area contributed by atoms with Gasteiger partial charge < -0.3 is 5.11 Å². The number of benzene rings is 4. The van der Waals surface area contributed by atoms with E-state index >= 15 is 0 Å². The molecule has 0 radical (unpaired) electrons. The van der Waals surface area contributed by atoms with Crippen LogP contribution in [0.3, 0.4) is 0 Å². The first-order valence-corrected chi connectivity index (χ1v) is 8.81. The molecule has 1 N–H and O–H groups in total. The van der Waals surface area contributed by atoms with Crippen LogP contribution in [-0.4, -0.2) is 10.9 Å². The van der Waals surface area contributed by atoms with E-state index in [1.807, 2.05) is 78.9 Å². The van der Waals surface area contributed by atoms with Gasteiger partial charge in [-0.1, -0.05) is 91.0 Å². The van der Waals surface area contributed by atoms with Gasteiger partial charge in [0.2, 0.25) is 0 Å². The smallest absolute Gasteiger partial charge is 0.185 e. The zero-order valence-corrected chi connectivity index (χ0v) is 14.7. The summed E-state index contributed by atoms with van der Waals surface area (Å²) in [5.74, 6) is 0.177. The fraction of sp³-hybridized carbons (Fsp3) is 0. The summed E-state index contributed by atoms with van der Waals surface area (Å²) in [6, 6.07) is 28.6. The van der Waals surface area contributed by atoms with Crippen LogP contribution in [0.1, 0.15) is 15.9 Å². The lowest BCUT2D eigenvalue weighted by molar-refractivity contribution is 0.104. The first-order chi connectivity index (χ1) is 13.2. The number of ketones is 1. The molecule has 4 aromatic rings. The lowest BCUT2D eigenvalue weighted by Crippen LogP contribution is -1.93. The average Bonchev–Trinajstić information content (AvgIpc) is 2.73. The van der Waals surface area contributed by atoms with Crippen LogP contribution in [-0.2, 0) is 0 Å². The number of hydrogen-bond donors (Lipinski definition) is 1. The van der Waals surface area contributed by atoms with E-state index in [-0.39, 0.29) is 11.5 Å². The molecule has 0 bridgehead atoms. The average molecular weight is 350 g/mol. The van der Waals surface area contributed by atoms with Crippen molar-refractivity contribution in [1.29, 1.82) is 0 Å². The van der Waals surface area contributed by atoms with Crippen molar-refractivity contribution in [2.45, 2.75) is 0 Å². The zero-order chi connectivity index (χ0) is 18.6. The lowest BCUT2D eigenvalue weighted by Gasteiger charge is -2.12. The first-order valence-electron chi connectivity index (χ1n) is 8.81. The molecule has 2 nitrogen and oxygen atoms in total. The highest BCUT2D eigenvalue weighted by Gasteiger charge is 2.12. The Labute approximate surface area is 158 Å². The molecule has 4 aromatic carbocycles. The molecule has 0 aliphatic heterocycles. The monoisotopic (exact) mass is 350 g/mol. The minimum absolute atomic E-state index is 0.0486. The number of phenolic OH excluding ortho intramolecular Hbond substituents is 1. The summed E-state index contributed by atoms with van der Waals surface area (Å²) in [5, 5.41) is 12.6. The number of phenols is 1. The van der Waals surface area contributed by atoms with Crippen LogP contribution in [0.2, 0.25) is 0 Å². The molecule has 0 heterocycles. The molecule has 0 saturated carbocycles. The van der Waals surface area contributed by atoms with Crippen LogP contribution in [0.25, 0.3) is 28.0 Å². The van der Waals surface area contributed by atoms with Crippen LogP contribution < -0.4 is 0 Å². The zero-order valence-electron chi connectivity index (χ0n) is 14.7. The predicted octanol–water partition coefficient (Wildman–Crippen LogP) is 6.11. The molecule has 2 heteroatoms. The number of aromatic hydroxyl groups is 1. The first kappa shape index (κ1) is 16.8. The van der Waals surface area contributed by atoms with Crippen LogP contribution in [0, 0.1) is 0 Å². The van der Waals surface area contributed by atoms with Crippen molar-refractivity contribution >= 4 is 22.6 Å². The van der Waals surface area contributed by atoms with Crippen molar-refractivity contribution in [1.82, 2.24) is 0 Å². The van der Waals surface area contributed by atoms with Gasteiger partial charge in [0.1, 0.15) is 5.75 Å². The highest BCUT2D eigenvalue weighted by Crippen LogP contribution is 2.38. The topological polar surface area (TPSA) is 37.3 Å². The van der Waals surface area contributed by atoms with E-state index in [4.69, 9.17) is 0 Å². The van der Waals surface area contributed by atoms with Crippen molar-refractivity contribution < 1.29 is 9.90 Å². The molecule has 0 aliphatic rings. The Morgan fingerprint density at radius 1 is 0.741 bits per heavy atom. The Morgan fingerprint density at radius 3 is 2.30 bits per heavy atom. The van der Waals surface area contributed by atoms with Gasteiger partial charge in [0, 0.05) is 11.1 Å². The van der Waals surface area contributed by atoms with Gasteiger partial charge in [-0.15, -0.1) is 0 Å². The summed E-state index contributed by atoms with van der Waals surface area (Å²) in [7, 11) is 0. The van der Waals surface area contributed by atoms with Crippen molar-refractivity contribution in [2.24, 2.45) is 0 Å². The highest BCUT2D eigenvalue weighted by atomic mass is 16.3. The number of hydrogen-bond acceptors (Lipinski definition) is 2. The Bertz CT molecular complexity index is 1140. The maximum absolute atomic E-state index is 12.4. The molecule has 0 spiro atoms. The minimum atomic E-state index is -0.0486. The Kier molecular flexibility index (Phi) is 4.54. The van der Waals surface area contributed by atoms with E-state index in [2.05, 4.69) is 0 Å². The summed E-state index contributed by atoms with van der Waals surface area (Å²) < 4.78 is 0. The Balaban J connectivity index is 1.80. The molecule has 0 amide bonds. The van der Waals surface area contributed by atoms with E-state index in [1.54, 1.807) is 24.3 Å². The molecule has 0 saturated heterocycles. The second-order valence-corrected chi connectivity index (χ2v) is 6.33. The molecular formula is C25H18O2. The number of fused-ring (bicyclic) bond motifs is 1. The molecule has 0 atom stereocenters. The third-order valence-corrected chi connectivity index (χ3v) is 4.61. The van der Waals surface area contributed by atoms with Crippen LogP contribution in [0.5, 0.6) is 5.75 Å². The summed E-state index contributed by atoms with van der Waals surface area (Å²) in [6.07, 6.45) is 3.39. The molecule has 0 fully saturated rings. The molecule has 0 unspecified atom stereocenters. The third kappa shape index (κ3) is 3.38. The van der Waals surface area contributed by atoms with Crippen molar-refractivity contribution in [3.05, 3.63) is 108 Å². The van der Waals surface area contributed by atoms with Gasteiger partial charge in [-0.25, -0.2) is 0 Å². The normalized spacial score (nSPS) is 11.1. The van der Waals surface area contributed by atoms with Gasteiger partial charge in [-0.3, -0.25) is 4.79 Å². The molecular weight excluding hydrogens is 332 g/mol. The Hall–Kier alpha value is -3.65. The quantitative estimate of drug-likeness (QED) is 0.356. The second-order valence-electron chi connectivity index (χ2n) is 6.33. The summed E-state index contributed by atoms with van der Waals surface area (Å²) in [6.45, 7) is 0. The Morgan fingerprint density at radius 2 is 1.44 bits per heavy atom. The molecule has 27 heavy (non-hydrogen) atoms. The third-order valence-electron chi connectivity index (χ3n) is 4.61. The maximum Gasteiger partial charge on any atom is 0.185 e. The number of rotatable bonds is 4. The van der Waals surface area contributed by atoms with E-state index in [0.717, 1.165) is 27.5 Å². The van der Waals surface area contributed by atoms with Crippen molar-refractivity contribution in [2.75, 3.05) is 0 Å². The molecule has 0 aliphatic carbocycles. The SMILES string of the molecule is O=C(C=Cc1ccccc1-c1c(O)ccc2ccccc12)c1ccccc1. The largest absolute Gasteiger partial charge is 0.507 e. The van der Waals surface area contributed by atoms with Crippen LogP contribution >= 0.6 is 0 Å². The van der Waals surface area contributed by atoms with E-state index in [9.17, 15) is 9.90 Å². The highest BCUT2D eigenvalue weighted by molar-refractivity contribution is 6.08. The van der Waals surface area contributed by atoms with Gasteiger partial charge in [0.05, 0.1) is 0 Å². The van der Waals surface area contributed by atoms with Crippen molar-refractivity contribution in [3.8, 4) is 16.9 Å². The predicted molar refractivity (Wildman–Crippen MR) is 111 cm³/mol. The van der Waals surface area contributed by atoms with Gasteiger partial charge in [-0.2, -0.15) is 0 Å². The van der Waals surface area contributed by atoms with Crippen molar-refractivity contribution in [3.63, 3.8) is 0 Å². The fourth-order valence-electron chi connectivity index (χ4n) is 3.28. The van der Waals surface area contributed by atoms with Crippen LogP contribution in [0.15, 0.2) is 97.1 Å². The summed E-state index contributed by atoms with van der Waals surface area (Å²) in [5.41, 5.74) is 3.21. The van der Waals surface area contributed by atoms with Gasteiger partial charge in [-0.05, 0) is 34.0 Å². The van der Waals surface area contributed by atoms with E-state index < -0.39 is 0 Å². The van der Waals surface area contributed by atoms with Gasteiger partial charge >= 0.3 is 0 Å². The van der Waals surface area contributed by atoms with Crippen LogP contribution in [0.4, 0.5) is 0 Å². The number of allylic oxidation sites excluding steroid dienone is 1. The summed E-state index contributed by atoms with van der Waals surface area (Å²) >= 11 is 0. The summed E-state index contributed by atoms with van der Waals surface area (Å²) in [4.78, 5) is 12.4. The maximum atomic E-state index is 12.4.